The minimum atomic E-state index is -0.162. The number of piperidine rings is 1. The molecule has 0 spiro atoms. The van der Waals surface area contributed by atoms with E-state index in [4.69, 9.17) is 9.47 Å². The number of phenols is 1. The maximum Gasteiger partial charge on any atom is 0.231 e. The number of carbonyl (C=O) groups is 1. The maximum absolute atomic E-state index is 12.8. The SMILES string of the molecule is COc1ccccc1C=CC=C1Oc2c(ccc(O)c2CN2CCCCC2)C1=O. The smallest absolute Gasteiger partial charge is 0.231 e. The Kier molecular flexibility index (Phi) is 5.67. The Morgan fingerprint density at radius 3 is 2.72 bits per heavy atom. The van der Waals surface area contributed by atoms with Crippen LogP contribution in [0.4, 0.5) is 0 Å². The highest BCUT2D eigenvalue weighted by molar-refractivity contribution is 6.12. The highest BCUT2D eigenvalue weighted by Gasteiger charge is 2.31. The number of hydrogen-bond acceptors (Lipinski definition) is 5. The number of para-hydroxylation sites is 1. The number of nitrogens with zero attached hydrogens (tertiary/aromatic N) is 1. The van der Waals surface area contributed by atoms with Crippen LogP contribution in [0.3, 0.4) is 0 Å². The molecule has 0 amide bonds. The van der Waals surface area contributed by atoms with Crippen LogP contribution in [0.5, 0.6) is 17.2 Å². The van der Waals surface area contributed by atoms with E-state index in [-0.39, 0.29) is 17.3 Å². The number of ketones is 1. The largest absolute Gasteiger partial charge is 0.507 e. The molecule has 150 valence electrons. The van der Waals surface area contributed by atoms with E-state index in [1.165, 1.54) is 6.42 Å². The van der Waals surface area contributed by atoms with Crippen molar-refractivity contribution in [2.75, 3.05) is 20.2 Å². The van der Waals surface area contributed by atoms with Crippen molar-refractivity contribution in [2.24, 2.45) is 0 Å². The number of likely N-dealkylation sites (tertiary alicyclic amines) is 1. The summed E-state index contributed by atoms with van der Waals surface area (Å²) in [6, 6.07) is 10.9. The van der Waals surface area contributed by atoms with E-state index in [2.05, 4.69) is 4.90 Å². The standard InChI is InChI=1S/C24H25NO4/c1-28-21-10-4-3-8-17(21)9-7-11-22-23(27)18-12-13-20(26)19(24(18)29-22)16-25-14-5-2-6-15-25/h3-4,7-13,26H,2,5-6,14-16H2,1H3. The fraction of sp³-hybridized carbons (Fsp3) is 0.292. The van der Waals surface area contributed by atoms with Gasteiger partial charge in [-0.3, -0.25) is 9.69 Å². The zero-order chi connectivity index (χ0) is 20.2. The van der Waals surface area contributed by atoms with Crippen molar-refractivity contribution in [2.45, 2.75) is 25.8 Å². The Bertz CT molecular complexity index is 971. The van der Waals surface area contributed by atoms with Gasteiger partial charge in [-0.05, 0) is 50.2 Å². The van der Waals surface area contributed by atoms with Gasteiger partial charge in [-0.25, -0.2) is 0 Å². The van der Waals surface area contributed by atoms with E-state index in [0.29, 0.717) is 23.4 Å². The first-order valence-electron chi connectivity index (χ1n) is 9.98. The van der Waals surface area contributed by atoms with Gasteiger partial charge in [-0.1, -0.05) is 36.8 Å². The Morgan fingerprint density at radius 1 is 1.14 bits per heavy atom. The molecule has 1 N–H and O–H groups in total. The van der Waals surface area contributed by atoms with Crippen LogP contribution in [0.1, 0.15) is 40.7 Å². The first-order chi connectivity index (χ1) is 14.2. The van der Waals surface area contributed by atoms with Gasteiger partial charge in [0.15, 0.2) is 5.76 Å². The molecule has 0 saturated carbocycles. The van der Waals surface area contributed by atoms with Gasteiger partial charge in [0.05, 0.1) is 18.2 Å². The monoisotopic (exact) mass is 391 g/mol. The number of methoxy groups -OCH3 is 1. The Balaban J connectivity index is 1.57. The fourth-order valence-electron chi connectivity index (χ4n) is 3.85. The number of allylic oxidation sites excluding steroid dienone is 3. The highest BCUT2D eigenvalue weighted by Crippen LogP contribution is 2.40. The summed E-state index contributed by atoms with van der Waals surface area (Å²) in [5.41, 5.74) is 2.11. The third-order valence-corrected chi connectivity index (χ3v) is 5.41. The zero-order valence-corrected chi connectivity index (χ0v) is 16.6. The third-order valence-electron chi connectivity index (χ3n) is 5.41. The molecule has 1 saturated heterocycles. The van der Waals surface area contributed by atoms with Crippen molar-refractivity contribution in [3.05, 3.63) is 71.0 Å². The van der Waals surface area contributed by atoms with Crippen LogP contribution in [-0.4, -0.2) is 36.0 Å². The molecule has 5 nitrogen and oxygen atoms in total. The van der Waals surface area contributed by atoms with Gasteiger partial charge in [0, 0.05) is 12.1 Å². The molecule has 4 rings (SSSR count). The quantitative estimate of drug-likeness (QED) is 0.757. The molecule has 29 heavy (non-hydrogen) atoms. The summed E-state index contributed by atoms with van der Waals surface area (Å²) in [6.45, 7) is 2.59. The number of carbonyl (C=O) groups excluding carboxylic acids is 1. The number of rotatable bonds is 5. The zero-order valence-electron chi connectivity index (χ0n) is 16.6. The number of ether oxygens (including phenoxy) is 2. The average molecular weight is 391 g/mol. The molecular formula is C24H25NO4. The van der Waals surface area contributed by atoms with Gasteiger partial charge in [0.1, 0.15) is 17.2 Å². The third kappa shape index (κ3) is 4.05. The van der Waals surface area contributed by atoms with E-state index in [1.54, 1.807) is 31.4 Å². The van der Waals surface area contributed by atoms with Crippen molar-refractivity contribution < 1.29 is 19.4 Å². The van der Waals surface area contributed by atoms with Gasteiger partial charge in [0.2, 0.25) is 5.78 Å². The van der Waals surface area contributed by atoms with E-state index in [9.17, 15) is 9.90 Å². The van der Waals surface area contributed by atoms with Crippen molar-refractivity contribution in [1.29, 1.82) is 0 Å². The lowest BCUT2D eigenvalue weighted by atomic mass is 10.0. The van der Waals surface area contributed by atoms with Crippen LogP contribution in [0.25, 0.3) is 6.08 Å². The van der Waals surface area contributed by atoms with Gasteiger partial charge >= 0.3 is 0 Å². The van der Waals surface area contributed by atoms with Crippen LogP contribution in [0.2, 0.25) is 0 Å². The summed E-state index contributed by atoms with van der Waals surface area (Å²) in [5, 5.41) is 10.4. The molecule has 5 heteroatoms. The Labute approximate surface area is 170 Å². The van der Waals surface area contributed by atoms with Gasteiger partial charge in [0.25, 0.3) is 0 Å². The lowest BCUT2D eigenvalue weighted by Crippen LogP contribution is -2.29. The number of fused-ring (bicyclic) bond motifs is 1. The molecule has 0 radical (unpaired) electrons. The van der Waals surface area contributed by atoms with Gasteiger partial charge in [-0.15, -0.1) is 0 Å². The molecule has 2 aliphatic rings. The molecule has 0 aliphatic carbocycles. The summed E-state index contributed by atoms with van der Waals surface area (Å²) in [4.78, 5) is 15.1. The van der Waals surface area contributed by atoms with Crippen LogP contribution in [-0.2, 0) is 6.54 Å². The summed E-state index contributed by atoms with van der Waals surface area (Å²) in [7, 11) is 1.63. The predicted octanol–water partition coefficient (Wildman–Crippen LogP) is 4.56. The molecule has 1 fully saturated rings. The molecule has 0 unspecified atom stereocenters. The highest BCUT2D eigenvalue weighted by atomic mass is 16.5. The lowest BCUT2D eigenvalue weighted by Gasteiger charge is -2.27. The van der Waals surface area contributed by atoms with Gasteiger partial charge < -0.3 is 14.6 Å². The Morgan fingerprint density at radius 2 is 1.93 bits per heavy atom. The minimum absolute atomic E-state index is 0.162. The molecule has 2 heterocycles. The summed E-state index contributed by atoms with van der Waals surface area (Å²) >= 11 is 0. The Hall–Kier alpha value is -3.05. The molecule has 0 atom stereocenters. The van der Waals surface area contributed by atoms with Gasteiger partial charge in [-0.2, -0.15) is 0 Å². The van der Waals surface area contributed by atoms with Crippen LogP contribution < -0.4 is 9.47 Å². The second kappa shape index (κ2) is 8.53. The lowest BCUT2D eigenvalue weighted by molar-refractivity contribution is 0.101. The first-order valence-corrected chi connectivity index (χ1v) is 9.98. The molecule has 0 aromatic heterocycles. The van der Waals surface area contributed by atoms with Crippen molar-refractivity contribution >= 4 is 11.9 Å². The normalized spacial score (nSPS) is 18.2. The molecule has 2 aromatic carbocycles. The topological polar surface area (TPSA) is 59.0 Å². The van der Waals surface area contributed by atoms with Crippen LogP contribution in [0.15, 0.2) is 54.3 Å². The van der Waals surface area contributed by atoms with E-state index < -0.39 is 0 Å². The average Bonchev–Trinajstić information content (AvgIpc) is 3.07. The number of Topliss-reactive ketones (excluding diaryl/α,β-unsaturated/α-hetero) is 1. The maximum atomic E-state index is 12.8. The molecule has 0 bridgehead atoms. The molecule has 2 aliphatic heterocycles. The second-order valence-corrected chi connectivity index (χ2v) is 7.34. The number of phenolic OH excluding ortho intramolecular Hbond substituents is 1. The fourth-order valence-corrected chi connectivity index (χ4v) is 3.85. The number of hydrogen-bond donors (Lipinski definition) is 1. The second-order valence-electron chi connectivity index (χ2n) is 7.34. The molecule has 2 aromatic rings. The van der Waals surface area contributed by atoms with E-state index in [1.807, 2.05) is 30.3 Å². The predicted molar refractivity (Wildman–Crippen MR) is 112 cm³/mol. The molecular weight excluding hydrogens is 366 g/mol. The van der Waals surface area contributed by atoms with Crippen molar-refractivity contribution in [3.8, 4) is 17.2 Å². The van der Waals surface area contributed by atoms with Crippen LogP contribution in [0, 0.1) is 0 Å². The van der Waals surface area contributed by atoms with Crippen molar-refractivity contribution in [1.82, 2.24) is 4.90 Å². The first kappa shape index (κ1) is 19.3. The summed E-state index contributed by atoms with van der Waals surface area (Å²) < 4.78 is 11.2. The summed E-state index contributed by atoms with van der Waals surface area (Å²) in [6.07, 6.45) is 8.88. The minimum Gasteiger partial charge on any atom is -0.507 e. The number of benzene rings is 2. The van der Waals surface area contributed by atoms with E-state index in [0.717, 1.165) is 37.2 Å². The summed E-state index contributed by atoms with van der Waals surface area (Å²) in [5.74, 6) is 1.52. The van der Waals surface area contributed by atoms with Crippen molar-refractivity contribution in [3.63, 3.8) is 0 Å². The van der Waals surface area contributed by atoms with E-state index >= 15 is 0 Å². The number of aromatic hydroxyl groups is 1. The van der Waals surface area contributed by atoms with Crippen LogP contribution >= 0.6 is 0 Å².